The van der Waals surface area contributed by atoms with E-state index in [4.69, 9.17) is 0 Å². The molecule has 0 bridgehead atoms. The van der Waals surface area contributed by atoms with Crippen LogP contribution >= 0.6 is 0 Å². The smallest absolute Gasteiger partial charge is 0.00180 e. The van der Waals surface area contributed by atoms with Gasteiger partial charge < -0.3 is 5.32 Å². The highest BCUT2D eigenvalue weighted by Crippen LogP contribution is 2.32. The van der Waals surface area contributed by atoms with Crippen molar-refractivity contribution in [2.24, 2.45) is 17.8 Å². The lowest BCUT2D eigenvalue weighted by Crippen LogP contribution is -2.27. The Hall–Kier alpha value is -0.0400. The van der Waals surface area contributed by atoms with Gasteiger partial charge in [-0.1, -0.05) is 52.9 Å². The summed E-state index contributed by atoms with van der Waals surface area (Å²) in [7, 11) is 0. The summed E-state index contributed by atoms with van der Waals surface area (Å²) in [6.07, 6.45) is 10.3. The van der Waals surface area contributed by atoms with Gasteiger partial charge in [0.1, 0.15) is 0 Å². The second-order valence-electron chi connectivity index (χ2n) is 5.94. The molecule has 1 nitrogen and oxygen atoms in total. The number of rotatable bonds is 6. The second kappa shape index (κ2) is 8.11. The van der Waals surface area contributed by atoms with Crippen LogP contribution in [0.4, 0.5) is 0 Å². The molecule has 2 atom stereocenters. The maximum atomic E-state index is 3.56. The quantitative estimate of drug-likeness (QED) is 0.667. The van der Waals surface area contributed by atoms with E-state index in [0.717, 1.165) is 24.3 Å². The summed E-state index contributed by atoms with van der Waals surface area (Å²) in [4.78, 5) is 0. The third-order valence-corrected chi connectivity index (χ3v) is 4.09. The Balaban J connectivity index is 2.38. The van der Waals surface area contributed by atoms with Gasteiger partial charge in [-0.25, -0.2) is 0 Å². The van der Waals surface area contributed by atoms with Gasteiger partial charge in [0, 0.05) is 0 Å². The van der Waals surface area contributed by atoms with E-state index in [2.05, 4.69) is 26.1 Å². The summed E-state index contributed by atoms with van der Waals surface area (Å²) in [5.41, 5.74) is 0. The van der Waals surface area contributed by atoms with Crippen molar-refractivity contribution in [1.29, 1.82) is 0 Å². The van der Waals surface area contributed by atoms with Crippen LogP contribution in [0.5, 0.6) is 0 Å². The zero-order chi connectivity index (χ0) is 11.8. The van der Waals surface area contributed by atoms with Crippen molar-refractivity contribution < 1.29 is 0 Å². The molecule has 0 saturated heterocycles. The molecule has 0 aromatic carbocycles. The Bertz CT molecular complexity index is 165. The van der Waals surface area contributed by atoms with Crippen LogP contribution in [0.3, 0.4) is 0 Å². The molecule has 0 aromatic heterocycles. The lowest BCUT2D eigenvalue weighted by Gasteiger charge is -2.26. The van der Waals surface area contributed by atoms with Gasteiger partial charge in [0.15, 0.2) is 0 Å². The fourth-order valence-corrected chi connectivity index (χ4v) is 2.99. The van der Waals surface area contributed by atoms with Crippen LogP contribution in [-0.4, -0.2) is 13.1 Å². The molecule has 0 spiro atoms. The molecule has 1 aliphatic rings. The van der Waals surface area contributed by atoms with Gasteiger partial charge in [-0.3, -0.25) is 0 Å². The van der Waals surface area contributed by atoms with E-state index in [1.54, 1.807) is 0 Å². The van der Waals surface area contributed by atoms with E-state index in [0.29, 0.717) is 0 Å². The van der Waals surface area contributed by atoms with Crippen LogP contribution in [0.25, 0.3) is 0 Å². The van der Waals surface area contributed by atoms with E-state index in [9.17, 15) is 0 Å². The minimum Gasteiger partial charge on any atom is -0.317 e. The molecule has 1 fully saturated rings. The average Bonchev–Trinajstić information content (AvgIpc) is 2.48. The van der Waals surface area contributed by atoms with Gasteiger partial charge in [0.05, 0.1) is 0 Å². The molecule has 1 N–H and O–H groups in total. The number of hydrogen-bond acceptors (Lipinski definition) is 1. The van der Waals surface area contributed by atoms with E-state index in [-0.39, 0.29) is 0 Å². The molecule has 1 aliphatic carbocycles. The van der Waals surface area contributed by atoms with Gasteiger partial charge in [-0.05, 0) is 43.7 Å². The maximum absolute atomic E-state index is 3.56. The highest BCUT2D eigenvalue weighted by Gasteiger charge is 2.22. The van der Waals surface area contributed by atoms with Crippen molar-refractivity contribution in [3.05, 3.63) is 0 Å². The molecule has 1 saturated carbocycles. The monoisotopic (exact) mass is 225 g/mol. The van der Waals surface area contributed by atoms with Gasteiger partial charge in [0.25, 0.3) is 0 Å². The summed E-state index contributed by atoms with van der Waals surface area (Å²) in [5, 5.41) is 3.56. The van der Waals surface area contributed by atoms with Crippen molar-refractivity contribution in [3.8, 4) is 0 Å². The molecule has 0 aliphatic heterocycles. The standard InChI is InChI=1S/C15H31N/c1-4-16-12-15-9-7-5-6-8-14(15)11-10-13(2)3/h13-16H,4-12H2,1-3H3. The van der Waals surface area contributed by atoms with Gasteiger partial charge in [-0.15, -0.1) is 0 Å². The maximum Gasteiger partial charge on any atom is -0.00180 e. The lowest BCUT2D eigenvalue weighted by atomic mass is 9.83. The van der Waals surface area contributed by atoms with Crippen LogP contribution in [0.2, 0.25) is 0 Å². The van der Waals surface area contributed by atoms with E-state index in [1.165, 1.54) is 51.5 Å². The second-order valence-corrected chi connectivity index (χ2v) is 5.94. The molecule has 0 heterocycles. The van der Waals surface area contributed by atoms with Crippen molar-refractivity contribution in [3.63, 3.8) is 0 Å². The summed E-state index contributed by atoms with van der Waals surface area (Å²) < 4.78 is 0. The summed E-state index contributed by atoms with van der Waals surface area (Å²) in [5.74, 6) is 2.84. The first-order chi connectivity index (χ1) is 7.74. The van der Waals surface area contributed by atoms with Crippen LogP contribution in [0.15, 0.2) is 0 Å². The Morgan fingerprint density at radius 1 is 1.06 bits per heavy atom. The molecule has 16 heavy (non-hydrogen) atoms. The molecule has 0 amide bonds. The van der Waals surface area contributed by atoms with E-state index >= 15 is 0 Å². The van der Waals surface area contributed by atoms with Crippen molar-refractivity contribution in [2.45, 2.75) is 65.7 Å². The predicted octanol–water partition coefficient (Wildman–Crippen LogP) is 4.23. The Kier molecular flexibility index (Phi) is 7.11. The highest BCUT2D eigenvalue weighted by atomic mass is 14.8. The first-order valence-corrected chi connectivity index (χ1v) is 7.44. The minimum atomic E-state index is 0.878. The highest BCUT2D eigenvalue weighted by molar-refractivity contribution is 4.76. The van der Waals surface area contributed by atoms with Crippen molar-refractivity contribution in [1.82, 2.24) is 5.32 Å². The van der Waals surface area contributed by atoms with Gasteiger partial charge in [-0.2, -0.15) is 0 Å². The van der Waals surface area contributed by atoms with E-state index < -0.39 is 0 Å². The first kappa shape index (κ1) is 14.0. The molecule has 0 aromatic rings. The Morgan fingerprint density at radius 3 is 2.38 bits per heavy atom. The fourth-order valence-electron chi connectivity index (χ4n) is 2.99. The van der Waals surface area contributed by atoms with Crippen molar-refractivity contribution >= 4 is 0 Å². The van der Waals surface area contributed by atoms with Crippen molar-refractivity contribution in [2.75, 3.05) is 13.1 Å². The normalized spacial score (nSPS) is 27.0. The van der Waals surface area contributed by atoms with Crippen LogP contribution in [-0.2, 0) is 0 Å². The Morgan fingerprint density at radius 2 is 1.75 bits per heavy atom. The zero-order valence-electron chi connectivity index (χ0n) is 11.6. The Labute approximate surface area is 102 Å². The summed E-state index contributed by atoms with van der Waals surface area (Å²) in [6.45, 7) is 9.33. The molecule has 1 rings (SSSR count). The summed E-state index contributed by atoms with van der Waals surface area (Å²) in [6, 6.07) is 0. The predicted molar refractivity (Wildman–Crippen MR) is 72.7 cm³/mol. The molecule has 1 heteroatoms. The molecule has 96 valence electrons. The first-order valence-electron chi connectivity index (χ1n) is 7.44. The lowest BCUT2D eigenvalue weighted by molar-refractivity contribution is 0.269. The molecular weight excluding hydrogens is 194 g/mol. The fraction of sp³-hybridized carbons (Fsp3) is 1.00. The average molecular weight is 225 g/mol. The molecular formula is C15H31N. The van der Waals surface area contributed by atoms with Gasteiger partial charge >= 0.3 is 0 Å². The molecule has 0 radical (unpaired) electrons. The number of nitrogens with one attached hydrogen (secondary N) is 1. The SMILES string of the molecule is CCNCC1CCCCCC1CCC(C)C. The molecule has 2 unspecified atom stereocenters. The van der Waals surface area contributed by atoms with Crippen LogP contribution < -0.4 is 5.32 Å². The third kappa shape index (κ3) is 5.34. The summed E-state index contributed by atoms with van der Waals surface area (Å²) >= 11 is 0. The largest absolute Gasteiger partial charge is 0.317 e. The van der Waals surface area contributed by atoms with E-state index in [1.807, 2.05) is 0 Å². The zero-order valence-corrected chi connectivity index (χ0v) is 11.6. The van der Waals surface area contributed by atoms with Crippen LogP contribution in [0, 0.1) is 17.8 Å². The minimum absolute atomic E-state index is 0.878. The topological polar surface area (TPSA) is 12.0 Å². The van der Waals surface area contributed by atoms with Gasteiger partial charge in [0.2, 0.25) is 0 Å². The van der Waals surface area contributed by atoms with Crippen LogP contribution in [0.1, 0.15) is 65.7 Å². The third-order valence-electron chi connectivity index (χ3n) is 4.09. The number of hydrogen-bond donors (Lipinski definition) is 1.